The van der Waals surface area contributed by atoms with Gasteiger partial charge in [0.15, 0.2) is 11.5 Å². The Labute approximate surface area is 171 Å². The molecule has 1 saturated heterocycles. The van der Waals surface area contributed by atoms with E-state index >= 15 is 0 Å². The lowest BCUT2D eigenvalue weighted by atomic mass is 10.0. The molecule has 0 aliphatic carbocycles. The van der Waals surface area contributed by atoms with Crippen molar-refractivity contribution >= 4 is 17.5 Å². The van der Waals surface area contributed by atoms with Crippen LogP contribution in [-0.2, 0) is 17.7 Å². The van der Waals surface area contributed by atoms with Crippen molar-refractivity contribution in [3.63, 3.8) is 0 Å². The predicted molar refractivity (Wildman–Crippen MR) is 110 cm³/mol. The lowest BCUT2D eigenvalue weighted by molar-refractivity contribution is 0.0291. The van der Waals surface area contributed by atoms with E-state index in [-0.39, 0.29) is 11.8 Å². The van der Waals surface area contributed by atoms with Gasteiger partial charge in [-0.3, -0.25) is 9.59 Å². The van der Waals surface area contributed by atoms with Crippen LogP contribution in [0.3, 0.4) is 0 Å². The summed E-state index contributed by atoms with van der Waals surface area (Å²) in [5.41, 5.74) is 3.19. The van der Waals surface area contributed by atoms with Gasteiger partial charge in [0.1, 0.15) is 0 Å². The Bertz CT molecular complexity index is 896. The zero-order chi connectivity index (χ0) is 20.4. The van der Waals surface area contributed by atoms with Gasteiger partial charge in [-0.15, -0.1) is 0 Å². The number of rotatable bonds is 4. The number of hydrogen-bond donors (Lipinski definition) is 1. The smallest absolute Gasteiger partial charge is 0.290 e. The molecule has 2 aliphatic heterocycles. The van der Waals surface area contributed by atoms with E-state index in [2.05, 4.69) is 24.1 Å². The van der Waals surface area contributed by atoms with E-state index in [1.165, 1.54) is 5.56 Å². The van der Waals surface area contributed by atoms with E-state index in [1.54, 1.807) is 4.90 Å². The van der Waals surface area contributed by atoms with Gasteiger partial charge in [0.25, 0.3) is 11.8 Å². The van der Waals surface area contributed by atoms with Crippen LogP contribution >= 0.6 is 0 Å². The topological polar surface area (TPSA) is 76.5 Å². The quantitative estimate of drug-likeness (QED) is 0.862. The Morgan fingerprint density at radius 3 is 2.48 bits per heavy atom. The van der Waals surface area contributed by atoms with E-state index in [9.17, 15) is 9.59 Å². The lowest BCUT2D eigenvalue weighted by Crippen LogP contribution is -2.42. The van der Waals surface area contributed by atoms with E-state index in [4.69, 9.17) is 4.74 Å². The van der Waals surface area contributed by atoms with Crippen LogP contribution in [0.2, 0.25) is 0 Å². The highest BCUT2D eigenvalue weighted by Crippen LogP contribution is 2.24. The molecule has 1 aromatic heterocycles. The second-order valence-corrected chi connectivity index (χ2v) is 7.97. The SMILES string of the molecule is CC(C)c1ccc(NC(=O)c2nc(C(=O)N3CCOCC3)n3c2CCCC3)cc1. The third-order valence-electron chi connectivity index (χ3n) is 5.66. The number of aromatic nitrogens is 2. The first kappa shape index (κ1) is 19.6. The summed E-state index contributed by atoms with van der Waals surface area (Å²) in [7, 11) is 0. The molecular weight excluding hydrogens is 368 g/mol. The van der Waals surface area contributed by atoms with E-state index in [0.717, 1.165) is 37.2 Å². The highest BCUT2D eigenvalue weighted by molar-refractivity contribution is 6.05. The summed E-state index contributed by atoms with van der Waals surface area (Å²) in [6.07, 6.45) is 2.75. The largest absolute Gasteiger partial charge is 0.378 e. The second-order valence-electron chi connectivity index (χ2n) is 7.97. The summed E-state index contributed by atoms with van der Waals surface area (Å²) in [5.74, 6) is 0.446. The summed E-state index contributed by atoms with van der Waals surface area (Å²) in [4.78, 5) is 32.3. The first-order valence-electron chi connectivity index (χ1n) is 10.4. The molecule has 0 saturated carbocycles. The van der Waals surface area contributed by atoms with Gasteiger partial charge in [-0.2, -0.15) is 0 Å². The monoisotopic (exact) mass is 396 g/mol. The Morgan fingerprint density at radius 1 is 1.07 bits per heavy atom. The fourth-order valence-electron chi connectivity index (χ4n) is 3.94. The first-order valence-corrected chi connectivity index (χ1v) is 10.4. The molecule has 29 heavy (non-hydrogen) atoms. The normalized spacial score (nSPS) is 16.6. The average Bonchev–Trinajstić information content (AvgIpc) is 3.14. The number of imidazole rings is 1. The van der Waals surface area contributed by atoms with E-state index < -0.39 is 0 Å². The predicted octanol–water partition coefficient (Wildman–Crippen LogP) is 3.07. The van der Waals surface area contributed by atoms with Gasteiger partial charge in [0.2, 0.25) is 0 Å². The van der Waals surface area contributed by atoms with Crippen molar-refractivity contribution in [1.82, 2.24) is 14.5 Å². The Balaban J connectivity index is 1.58. The molecule has 2 aromatic rings. The lowest BCUT2D eigenvalue weighted by Gasteiger charge is -2.27. The molecule has 0 unspecified atom stereocenters. The van der Waals surface area contributed by atoms with Gasteiger partial charge in [0, 0.05) is 25.3 Å². The number of carbonyl (C=O) groups excluding carboxylic acids is 2. The zero-order valence-electron chi connectivity index (χ0n) is 17.1. The van der Waals surface area contributed by atoms with Crippen LogP contribution in [0.15, 0.2) is 24.3 Å². The Kier molecular flexibility index (Phi) is 5.67. The molecule has 0 bridgehead atoms. The Morgan fingerprint density at radius 2 is 1.79 bits per heavy atom. The van der Waals surface area contributed by atoms with Crippen LogP contribution in [0.25, 0.3) is 0 Å². The summed E-state index contributed by atoms with van der Waals surface area (Å²) in [6.45, 7) is 7.20. The number of ether oxygens (including phenoxy) is 1. The molecule has 4 rings (SSSR count). The summed E-state index contributed by atoms with van der Waals surface area (Å²) < 4.78 is 7.29. The first-order chi connectivity index (χ1) is 14.0. The maximum Gasteiger partial charge on any atom is 0.290 e. The van der Waals surface area contributed by atoms with Crippen molar-refractivity contribution in [2.75, 3.05) is 31.6 Å². The number of amides is 2. The van der Waals surface area contributed by atoms with Crippen molar-refractivity contribution in [1.29, 1.82) is 0 Å². The number of hydrogen-bond acceptors (Lipinski definition) is 4. The average molecular weight is 396 g/mol. The van der Waals surface area contributed by atoms with E-state index in [1.807, 2.05) is 28.8 Å². The fourth-order valence-corrected chi connectivity index (χ4v) is 3.94. The number of anilines is 1. The molecule has 7 heteroatoms. The van der Waals surface area contributed by atoms with Crippen LogP contribution in [0.5, 0.6) is 0 Å². The van der Waals surface area contributed by atoms with Crippen molar-refractivity contribution in [2.45, 2.75) is 45.6 Å². The van der Waals surface area contributed by atoms with Crippen molar-refractivity contribution in [3.05, 3.63) is 47.0 Å². The molecule has 1 N–H and O–H groups in total. The minimum atomic E-state index is -0.256. The van der Waals surface area contributed by atoms with Gasteiger partial charge in [-0.1, -0.05) is 26.0 Å². The number of nitrogens with one attached hydrogen (secondary N) is 1. The van der Waals surface area contributed by atoms with Gasteiger partial charge >= 0.3 is 0 Å². The molecule has 2 amide bonds. The molecule has 0 spiro atoms. The van der Waals surface area contributed by atoms with Gasteiger partial charge in [-0.25, -0.2) is 4.98 Å². The molecule has 154 valence electrons. The van der Waals surface area contributed by atoms with Crippen molar-refractivity contribution in [2.24, 2.45) is 0 Å². The molecule has 3 heterocycles. The minimum Gasteiger partial charge on any atom is -0.378 e. The van der Waals surface area contributed by atoms with Crippen LogP contribution in [0.4, 0.5) is 5.69 Å². The van der Waals surface area contributed by atoms with Crippen molar-refractivity contribution in [3.8, 4) is 0 Å². The van der Waals surface area contributed by atoms with E-state index in [0.29, 0.717) is 43.7 Å². The number of benzene rings is 1. The molecule has 7 nitrogen and oxygen atoms in total. The summed E-state index contributed by atoms with van der Waals surface area (Å²) in [5, 5.41) is 2.95. The van der Waals surface area contributed by atoms with Gasteiger partial charge in [-0.05, 0) is 42.9 Å². The fraction of sp³-hybridized carbons (Fsp3) is 0.500. The number of carbonyl (C=O) groups is 2. The third-order valence-corrected chi connectivity index (χ3v) is 5.66. The molecule has 1 aromatic carbocycles. The van der Waals surface area contributed by atoms with Crippen LogP contribution < -0.4 is 5.32 Å². The highest BCUT2D eigenvalue weighted by atomic mass is 16.5. The third kappa shape index (κ3) is 4.05. The molecule has 2 aliphatic rings. The number of fused-ring (bicyclic) bond motifs is 1. The van der Waals surface area contributed by atoms with Crippen molar-refractivity contribution < 1.29 is 14.3 Å². The molecule has 1 fully saturated rings. The van der Waals surface area contributed by atoms with Gasteiger partial charge in [0.05, 0.1) is 18.9 Å². The van der Waals surface area contributed by atoms with Crippen LogP contribution in [0, 0.1) is 0 Å². The second kappa shape index (κ2) is 8.37. The number of nitrogens with zero attached hydrogens (tertiary/aromatic N) is 3. The summed E-state index contributed by atoms with van der Waals surface area (Å²) in [6, 6.07) is 7.87. The van der Waals surface area contributed by atoms with Crippen LogP contribution in [-0.4, -0.2) is 52.6 Å². The number of morpholine rings is 1. The maximum absolute atomic E-state index is 13.0. The van der Waals surface area contributed by atoms with Gasteiger partial charge < -0.3 is 19.5 Å². The maximum atomic E-state index is 13.0. The van der Waals surface area contributed by atoms with Crippen LogP contribution in [0.1, 0.15) is 65.0 Å². The summed E-state index contributed by atoms with van der Waals surface area (Å²) >= 11 is 0. The Hall–Kier alpha value is -2.67. The highest BCUT2D eigenvalue weighted by Gasteiger charge is 2.30. The zero-order valence-corrected chi connectivity index (χ0v) is 17.1. The molecule has 0 atom stereocenters. The minimum absolute atomic E-state index is 0.114. The standard InChI is InChI=1S/C22H28N4O3/c1-15(2)16-6-8-17(9-7-16)23-21(27)19-18-5-3-4-10-26(18)20(24-19)22(28)25-11-13-29-14-12-25/h6-9,15H,3-5,10-14H2,1-2H3,(H,23,27). The molecular formula is C22H28N4O3. The molecule has 0 radical (unpaired) electrons.